The third-order valence-electron chi connectivity index (χ3n) is 2.21. The Bertz CT molecular complexity index is 716. The van der Waals surface area contributed by atoms with Crippen molar-refractivity contribution in [2.24, 2.45) is 0 Å². The van der Waals surface area contributed by atoms with E-state index in [4.69, 9.17) is 5.26 Å². The van der Waals surface area contributed by atoms with Gasteiger partial charge >= 0.3 is 0 Å². The molecule has 3 nitrogen and oxygen atoms in total. The van der Waals surface area contributed by atoms with E-state index in [0.29, 0.717) is 0 Å². The molecule has 18 heavy (non-hydrogen) atoms. The summed E-state index contributed by atoms with van der Waals surface area (Å²) in [5.74, 6) is 0. The number of thiophene rings is 2. The molecule has 0 aliphatic carbocycles. The maximum absolute atomic E-state index is 11.3. The lowest BCUT2D eigenvalue weighted by Gasteiger charge is -1.92. The van der Waals surface area contributed by atoms with E-state index in [0.717, 1.165) is 21.6 Å². The van der Waals surface area contributed by atoms with Crippen LogP contribution in [0.2, 0.25) is 0 Å². The Balaban J connectivity index is 2.38. The molecular weight excluding hydrogens is 286 g/mol. The zero-order valence-electron chi connectivity index (χ0n) is 9.45. The molecule has 2 rings (SSSR count). The van der Waals surface area contributed by atoms with Crippen LogP contribution in [0.1, 0.15) is 4.88 Å². The Morgan fingerprint density at radius 3 is 2.78 bits per heavy atom. The second-order valence-corrected chi connectivity index (χ2v) is 7.48. The molecule has 2 heterocycles. The molecule has 0 aromatic carbocycles. The summed E-state index contributed by atoms with van der Waals surface area (Å²) < 4.78 is 22.6. The predicted octanol–water partition coefficient (Wildman–Crippen LogP) is 3.39. The zero-order valence-corrected chi connectivity index (χ0v) is 11.9. The highest BCUT2D eigenvalue weighted by molar-refractivity contribution is 7.95. The van der Waals surface area contributed by atoms with Gasteiger partial charge in [-0.25, -0.2) is 8.42 Å². The lowest BCUT2D eigenvalue weighted by molar-refractivity contribution is 0.609. The van der Waals surface area contributed by atoms with Gasteiger partial charge in [-0.3, -0.25) is 0 Å². The first kappa shape index (κ1) is 13.0. The SMILES string of the molecule is CS(=O)(=O)/C(C#N)=C\c1cc(-c2cccs2)cs1. The first-order valence-electron chi connectivity index (χ1n) is 4.95. The Kier molecular flexibility index (Phi) is 3.66. The number of nitriles is 1. The average Bonchev–Trinajstić information content (AvgIpc) is 2.94. The molecule has 0 aliphatic heterocycles. The number of allylic oxidation sites excluding steroid dienone is 1. The molecule has 0 spiro atoms. The van der Waals surface area contributed by atoms with Crippen LogP contribution in [0.15, 0.2) is 33.9 Å². The van der Waals surface area contributed by atoms with Crippen molar-refractivity contribution in [3.8, 4) is 16.5 Å². The third-order valence-corrected chi connectivity index (χ3v) is 5.02. The summed E-state index contributed by atoms with van der Waals surface area (Å²) in [5, 5.41) is 12.8. The van der Waals surface area contributed by atoms with E-state index in [9.17, 15) is 8.42 Å². The van der Waals surface area contributed by atoms with Crippen LogP contribution in [0.3, 0.4) is 0 Å². The molecule has 92 valence electrons. The first-order chi connectivity index (χ1) is 8.50. The van der Waals surface area contributed by atoms with E-state index in [1.165, 1.54) is 17.4 Å². The van der Waals surface area contributed by atoms with Crippen LogP contribution < -0.4 is 0 Å². The van der Waals surface area contributed by atoms with E-state index >= 15 is 0 Å². The topological polar surface area (TPSA) is 57.9 Å². The summed E-state index contributed by atoms with van der Waals surface area (Å²) in [5.41, 5.74) is 1.05. The molecule has 0 aliphatic rings. The highest BCUT2D eigenvalue weighted by Crippen LogP contribution is 2.30. The van der Waals surface area contributed by atoms with Gasteiger partial charge < -0.3 is 0 Å². The van der Waals surface area contributed by atoms with Crippen molar-refractivity contribution in [1.29, 1.82) is 5.26 Å². The molecule has 0 saturated heterocycles. The number of rotatable bonds is 3. The lowest BCUT2D eigenvalue weighted by atomic mass is 10.2. The molecule has 0 fully saturated rings. The highest BCUT2D eigenvalue weighted by atomic mass is 32.2. The second-order valence-electron chi connectivity index (χ2n) is 3.61. The van der Waals surface area contributed by atoms with Crippen LogP contribution in [-0.4, -0.2) is 14.7 Å². The molecule has 2 aromatic rings. The minimum atomic E-state index is -3.45. The first-order valence-corrected chi connectivity index (χ1v) is 8.60. The van der Waals surface area contributed by atoms with Gasteiger partial charge in [0.05, 0.1) is 0 Å². The fourth-order valence-electron chi connectivity index (χ4n) is 1.35. The quantitative estimate of drug-likeness (QED) is 0.816. The predicted molar refractivity (Wildman–Crippen MR) is 76.1 cm³/mol. The van der Waals surface area contributed by atoms with E-state index < -0.39 is 9.84 Å². The third kappa shape index (κ3) is 2.88. The molecule has 6 heteroatoms. The summed E-state index contributed by atoms with van der Waals surface area (Å²) in [4.78, 5) is 1.69. The van der Waals surface area contributed by atoms with E-state index in [-0.39, 0.29) is 4.91 Å². The Labute approximate surface area is 114 Å². The number of hydrogen-bond donors (Lipinski definition) is 0. The maximum atomic E-state index is 11.3. The Morgan fingerprint density at radius 1 is 1.44 bits per heavy atom. The van der Waals surface area contributed by atoms with Gasteiger partial charge in [-0.05, 0) is 29.0 Å². The average molecular weight is 295 g/mol. The van der Waals surface area contributed by atoms with Crippen molar-refractivity contribution in [1.82, 2.24) is 0 Å². The second kappa shape index (κ2) is 5.06. The van der Waals surface area contributed by atoms with E-state index in [1.54, 1.807) is 17.4 Å². The molecule has 2 aromatic heterocycles. The fraction of sp³-hybridized carbons (Fsp3) is 0.0833. The largest absolute Gasteiger partial charge is 0.223 e. The number of hydrogen-bond acceptors (Lipinski definition) is 5. The van der Waals surface area contributed by atoms with Crippen LogP contribution in [0.25, 0.3) is 16.5 Å². The van der Waals surface area contributed by atoms with Gasteiger partial charge in [0.1, 0.15) is 11.0 Å². The van der Waals surface area contributed by atoms with Crippen molar-refractivity contribution >= 4 is 38.6 Å². The summed E-state index contributed by atoms with van der Waals surface area (Å²) in [6, 6.07) is 7.57. The van der Waals surface area contributed by atoms with Crippen molar-refractivity contribution in [3.63, 3.8) is 0 Å². The van der Waals surface area contributed by atoms with Gasteiger partial charge in [0.2, 0.25) is 0 Å². The molecule has 0 saturated carbocycles. The Hall–Kier alpha value is -1.42. The summed E-state index contributed by atoms with van der Waals surface area (Å²) in [6.45, 7) is 0. The van der Waals surface area contributed by atoms with Gasteiger partial charge in [0.25, 0.3) is 0 Å². The van der Waals surface area contributed by atoms with Crippen LogP contribution in [0.5, 0.6) is 0 Å². The number of sulfone groups is 1. The fourth-order valence-corrected chi connectivity index (χ4v) is 3.56. The van der Waals surface area contributed by atoms with Crippen LogP contribution in [0.4, 0.5) is 0 Å². The van der Waals surface area contributed by atoms with E-state index in [1.807, 2.05) is 29.0 Å². The molecule has 0 amide bonds. The minimum absolute atomic E-state index is 0.206. The van der Waals surface area contributed by atoms with Gasteiger partial charge in [0.15, 0.2) is 9.84 Å². The lowest BCUT2D eigenvalue weighted by Crippen LogP contribution is -1.97. The van der Waals surface area contributed by atoms with Crippen molar-refractivity contribution in [2.75, 3.05) is 6.26 Å². The summed E-state index contributed by atoms with van der Waals surface area (Å²) in [7, 11) is -3.45. The van der Waals surface area contributed by atoms with Gasteiger partial charge in [-0.1, -0.05) is 6.07 Å². The van der Waals surface area contributed by atoms with Crippen LogP contribution >= 0.6 is 22.7 Å². The van der Waals surface area contributed by atoms with Gasteiger partial charge in [0, 0.05) is 21.6 Å². The summed E-state index contributed by atoms with van der Waals surface area (Å²) >= 11 is 3.04. The number of nitrogens with zero attached hydrogens (tertiary/aromatic N) is 1. The Morgan fingerprint density at radius 2 is 2.22 bits per heavy atom. The smallest absolute Gasteiger partial charge is 0.185 e. The maximum Gasteiger partial charge on any atom is 0.185 e. The normalized spacial score (nSPS) is 12.3. The standard InChI is InChI=1S/C12H9NO2S3/c1-18(14,15)11(7-13)6-10-5-9(8-17-10)12-3-2-4-16-12/h2-6,8H,1H3/b11-6-. The van der Waals surface area contributed by atoms with Crippen LogP contribution in [0, 0.1) is 11.3 Å². The van der Waals surface area contributed by atoms with Crippen molar-refractivity contribution in [2.45, 2.75) is 0 Å². The molecule has 0 radical (unpaired) electrons. The molecule has 0 atom stereocenters. The van der Waals surface area contributed by atoms with Crippen molar-refractivity contribution < 1.29 is 8.42 Å². The zero-order chi connectivity index (χ0) is 13.2. The molecule has 0 unspecified atom stereocenters. The molecule has 0 N–H and O–H groups in total. The monoisotopic (exact) mass is 295 g/mol. The van der Waals surface area contributed by atoms with E-state index in [2.05, 4.69) is 0 Å². The highest BCUT2D eigenvalue weighted by Gasteiger charge is 2.11. The summed E-state index contributed by atoms with van der Waals surface area (Å²) in [6.07, 6.45) is 2.45. The van der Waals surface area contributed by atoms with Crippen LogP contribution in [-0.2, 0) is 9.84 Å². The van der Waals surface area contributed by atoms with Gasteiger partial charge in [-0.15, -0.1) is 22.7 Å². The molecular formula is C12H9NO2S3. The molecule has 0 bridgehead atoms. The van der Waals surface area contributed by atoms with Gasteiger partial charge in [-0.2, -0.15) is 5.26 Å². The minimum Gasteiger partial charge on any atom is -0.223 e. The van der Waals surface area contributed by atoms with Crippen molar-refractivity contribution in [3.05, 3.63) is 38.7 Å².